The van der Waals surface area contributed by atoms with Crippen molar-refractivity contribution in [3.63, 3.8) is 0 Å². The number of hydrogen-bond acceptors (Lipinski definition) is 4. The number of carbonyl (C=O) groups excluding carboxylic acids is 1. The Hall–Kier alpha value is -1.57. The van der Waals surface area contributed by atoms with Gasteiger partial charge in [0.25, 0.3) is 6.43 Å². The van der Waals surface area contributed by atoms with Gasteiger partial charge in [-0.15, -0.1) is 0 Å². The third kappa shape index (κ3) is 3.43. The highest BCUT2D eigenvalue weighted by molar-refractivity contribution is 5.76. The van der Waals surface area contributed by atoms with Crippen molar-refractivity contribution in [2.45, 2.75) is 43.7 Å². The highest BCUT2D eigenvalue weighted by Gasteiger charge is 2.51. The largest absolute Gasteiger partial charge is 0.389 e. The van der Waals surface area contributed by atoms with Gasteiger partial charge in [-0.3, -0.25) is 9.69 Å². The fourth-order valence-electron chi connectivity index (χ4n) is 2.88. The first kappa shape index (κ1) is 16.8. The summed E-state index contributed by atoms with van der Waals surface area (Å²) >= 11 is 0. The van der Waals surface area contributed by atoms with E-state index >= 15 is 0 Å². The molecule has 1 amide bonds. The van der Waals surface area contributed by atoms with E-state index in [-0.39, 0.29) is 18.9 Å². The number of hydrogen-bond donors (Lipinski definition) is 3. The molecule has 0 spiro atoms. The van der Waals surface area contributed by atoms with Crippen LogP contribution in [-0.4, -0.2) is 58.8 Å². The molecule has 0 aromatic heterocycles. The number of rotatable bonds is 5. The first-order chi connectivity index (χ1) is 10.5. The number of aliphatic hydroxyl groups excluding tert-OH is 2. The van der Waals surface area contributed by atoms with Gasteiger partial charge in [0.05, 0.1) is 6.10 Å². The van der Waals surface area contributed by atoms with Gasteiger partial charge in [-0.25, -0.2) is 8.78 Å². The number of halogens is 2. The molecular weight excluding hydrogens is 294 g/mol. The fourth-order valence-corrected chi connectivity index (χ4v) is 2.88. The van der Waals surface area contributed by atoms with Crippen molar-refractivity contribution in [3.8, 4) is 0 Å². The fraction of sp³-hybridized carbons (Fsp3) is 0.533. The summed E-state index contributed by atoms with van der Waals surface area (Å²) < 4.78 is 26.6. The summed E-state index contributed by atoms with van der Waals surface area (Å²) in [5.74, 6) is -0.371. The van der Waals surface area contributed by atoms with Gasteiger partial charge in [-0.2, -0.15) is 0 Å². The molecule has 1 aromatic carbocycles. The van der Waals surface area contributed by atoms with Crippen LogP contribution in [0.5, 0.6) is 0 Å². The molecule has 122 valence electrons. The van der Waals surface area contributed by atoms with Crippen LogP contribution in [0, 0.1) is 0 Å². The molecule has 0 bridgehead atoms. The molecule has 7 heteroatoms. The number of benzene rings is 1. The molecule has 1 aliphatic heterocycles. The van der Waals surface area contributed by atoms with E-state index < -0.39 is 30.7 Å². The lowest BCUT2D eigenvalue weighted by Crippen LogP contribution is -2.44. The highest BCUT2D eigenvalue weighted by atomic mass is 19.3. The molecular formula is C15H20F2N2O3. The minimum Gasteiger partial charge on any atom is -0.389 e. The van der Waals surface area contributed by atoms with E-state index in [0.29, 0.717) is 0 Å². The number of aliphatic hydroxyl groups is 2. The maximum Gasteiger partial charge on any atom is 0.256 e. The molecule has 22 heavy (non-hydrogen) atoms. The number of alkyl halides is 2. The molecule has 0 radical (unpaired) electrons. The quantitative estimate of drug-likeness (QED) is 0.734. The second-order valence-corrected chi connectivity index (χ2v) is 5.41. The van der Waals surface area contributed by atoms with E-state index in [1.807, 2.05) is 6.07 Å². The Labute approximate surface area is 127 Å². The molecule has 1 aromatic rings. The van der Waals surface area contributed by atoms with Crippen LogP contribution in [0.4, 0.5) is 8.78 Å². The molecule has 1 fully saturated rings. The van der Waals surface area contributed by atoms with Crippen LogP contribution in [0.3, 0.4) is 0 Å². The van der Waals surface area contributed by atoms with E-state index in [0.717, 1.165) is 5.56 Å². The Bertz CT molecular complexity index is 501. The highest BCUT2D eigenvalue weighted by Crippen LogP contribution is 2.32. The molecule has 3 N–H and O–H groups in total. The zero-order valence-electron chi connectivity index (χ0n) is 12.2. The van der Waals surface area contributed by atoms with E-state index in [1.54, 1.807) is 24.3 Å². The van der Waals surface area contributed by atoms with Crippen molar-refractivity contribution >= 4 is 5.91 Å². The van der Waals surface area contributed by atoms with Crippen molar-refractivity contribution in [1.82, 2.24) is 10.2 Å². The van der Waals surface area contributed by atoms with Crippen LogP contribution in [0.15, 0.2) is 30.3 Å². The van der Waals surface area contributed by atoms with Crippen molar-refractivity contribution in [1.29, 1.82) is 0 Å². The topological polar surface area (TPSA) is 72.8 Å². The third-order valence-corrected chi connectivity index (χ3v) is 4.04. The van der Waals surface area contributed by atoms with E-state index in [4.69, 9.17) is 0 Å². The van der Waals surface area contributed by atoms with Crippen LogP contribution in [0.25, 0.3) is 0 Å². The van der Waals surface area contributed by atoms with Gasteiger partial charge >= 0.3 is 0 Å². The van der Waals surface area contributed by atoms with Gasteiger partial charge in [-0.05, 0) is 5.56 Å². The van der Waals surface area contributed by atoms with Gasteiger partial charge in [0.15, 0.2) is 0 Å². The van der Waals surface area contributed by atoms with Gasteiger partial charge in [-0.1, -0.05) is 30.3 Å². The van der Waals surface area contributed by atoms with E-state index in [2.05, 4.69) is 5.32 Å². The number of likely N-dealkylation sites (tertiary alicyclic amines) is 1. The van der Waals surface area contributed by atoms with Crippen LogP contribution in [-0.2, 0) is 11.3 Å². The molecule has 1 aliphatic rings. The Morgan fingerprint density at radius 1 is 1.27 bits per heavy atom. The molecule has 0 saturated carbocycles. The summed E-state index contributed by atoms with van der Waals surface area (Å²) in [7, 11) is 1.44. The zero-order valence-corrected chi connectivity index (χ0v) is 12.2. The summed E-state index contributed by atoms with van der Waals surface area (Å²) in [6.45, 7) is 0.131. The van der Waals surface area contributed by atoms with Crippen LogP contribution in [0.1, 0.15) is 12.0 Å². The van der Waals surface area contributed by atoms with Crippen LogP contribution in [0.2, 0.25) is 0 Å². The lowest BCUT2D eigenvalue weighted by atomic mass is 10.1. The van der Waals surface area contributed by atoms with Gasteiger partial charge in [0, 0.05) is 26.1 Å². The lowest BCUT2D eigenvalue weighted by molar-refractivity contribution is -0.122. The third-order valence-electron chi connectivity index (χ3n) is 4.04. The van der Waals surface area contributed by atoms with Gasteiger partial charge < -0.3 is 15.5 Å². The Morgan fingerprint density at radius 3 is 2.45 bits per heavy atom. The summed E-state index contributed by atoms with van der Waals surface area (Å²) in [6, 6.07) is 6.57. The normalized spacial score (nSPS) is 29.0. The average Bonchev–Trinajstić information content (AvgIpc) is 2.73. The summed E-state index contributed by atoms with van der Waals surface area (Å²) in [5, 5.41) is 22.4. The predicted octanol–water partition coefficient (Wildman–Crippen LogP) is 0.362. The molecule has 5 nitrogen and oxygen atoms in total. The molecule has 2 rings (SSSR count). The second kappa shape index (κ2) is 7.13. The monoisotopic (exact) mass is 314 g/mol. The molecule has 0 unspecified atom stereocenters. The van der Waals surface area contributed by atoms with Crippen molar-refractivity contribution in [2.24, 2.45) is 0 Å². The summed E-state index contributed by atoms with van der Waals surface area (Å²) in [6.07, 6.45) is -5.94. The lowest BCUT2D eigenvalue weighted by Gasteiger charge is -2.29. The smallest absolute Gasteiger partial charge is 0.256 e. The standard InChI is InChI=1S/C15H20F2N2O3/c1-18-11(20)7-10-13(21)14(22)12(15(16)17)19(10)8-9-5-3-2-4-6-9/h2-6,10,12-15,21-22H,7-8H2,1H3,(H,18,20)/t10-,12+,13-,14-/m1/s1. The number of nitrogens with zero attached hydrogens (tertiary/aromatic N) is 1. The van der Waals surface area contributed by atoms with Gasteiger partial charge in [0.1, 0.15) is 12.1 Å². The Morgan fingerprint density at radius 2 is 1.91 bits per heavy atom. The van der Waals surface area contributed by atoms with Crippen molar-refractivity contribution in [2.75, 3.05) is 7.05 Å². The minimum atomic E-state index is -2.82. The molecule has 0 aliphatic carbocycles. The zero-order chi connectivity index (χ0) is 16.3. The van der Waals surface area contributed by atoms with Crippen molar-refractivity contribution < 1.29 is 23.8 Å². The number of nitrogens with one attached hydrogen (secondary N) is 1. The SMILES string of the molecule is CNC(=O)C[C@@H]1[C@@H](O)[C@H](O)[C@@H](C(F)F)N1Cc1ccccc1. The number of carbonyl (C=O) groups is 1. The molecule has 1 saturated heterocycles. The maximum atomic E-state index is 13.3. The van der Waals surface area contributed by atoms with Crippen LogP contribution >= 0.6 is 0 Å². The van der Waals surface area contributed by atoms with E-state index in [9.17, 15) is 23.8 Å². The minimum absolute atomic E-state index is 0.131. The molecule has 4 atom stereocenters. The summed E-state index contributed by atoms with van der Waals surface area (Å²) in [4.78, 5) is 12.9. The molecule has 1 heterocycles. The first-order valence-corrected chi connectivity index (χ1v) is 7.10. The predicted molar refractivity (Wildman–Crippen MR) is 76.3 cm³/mol. The Kier molecular flexibility index (Phi) is 5.44. The van der Waals surface area contributed by atoms with Gasteiger partial charge in [0.2, 0.25) is 5.91 Å². The van der Waals surface area contributed by atoms with E-state index in [1.165, 1.54) is 11.9 Å². The average molecular weight is 314 g/mol. The summed E-state index contributed by atoms with van der Waals surface area (Å²) in [5.41, 5.74) is 0.774. The number of amides is 1. The second-order valence-electron chi connectivity index (χ2n) is 5.41. The van der Waals surface area contributed by atoms with Crippen molar-refractivity contribution in [3.05, 3.63) is 35.9 Å². The van der Waals surface area contributed by atoms with Crippen LogP contribution < -0.4 is 5.32 Å². The Balaban J connectivity index is 2.26. The maximum absolute atomic E-state index is 13.3. The first-order valence-electron chi connectivity index (χ1n) is 7.10.